The van der Waals surface area contributed by atoms with Crippen LogP contribution < -0.4 is 5.32 Å². The van der Waals surface area contributed by atoms with E-state index in [1.165, 1.54) is 0 Å². The Hall–Kier alpha value is -2.96. The van der Waals surface area contributed by atoms with Crippen molar-refractivity contribution in [3.63, 3.8) is 0 Å². The molecule has 3 rings (SSSR count). The van der Waals surface area contributed by atoms with Gasteiger partial charge in [0.05, 0.1) is 12.2 Å². The maximum atomic E-state index is 11.8. The maximum Gasteiger partial charge on any atom is 0.273 e. The van der Waals surface area contributed by atoms with Crippen LogP contribution in [0.25, 0.3) is 11.3 Å². The lowest BCUT2D eigenvalue weighted by Crippen LogP contribution is -2.27. The number of aryl methyl sites for hydroxylation is 1. The van der Waals surface area contributed by atoms with Gasteiger partial charge >= 0.3 is 0 Å². The summed E-state index contributed by atoms with van der Waals surface area (Å²) in [6.45, 7) is 2.78. The Morgan fingerprint density at radius 2 is 2.14 bits per heavy atom. The van der Waals surface area contributed by atoms with E-state index in [9.17, 15) is 4.79 Å². The van der Waals surface area contributed by atoms with Crippen molar-refractivity contribution in [1.82, 2.24) is 25.2 Å². The van der Waals surface area contributed by atoms with Crippen LogP contribution in [-0.4, -0.2) is 32.4 Å². The van der Waals surface area contributed by atoms with Crippen LogP contribution in [0.4, 0.5) is 0 Å². The fourth-order valence-electron chi connectivity index (χ4n) is 2.01. The molecule has 3 heterocycles. The molecule has 0 aliphatic rings. The predicted molar refractivity (Wildman–Crippen MR) is 79.0 cm³/mol. The minimum Gasteiger partial charge on any atom is -0.361 e. The van der Waals surface area contributed by atoms with Gasteiger partial charge in [-0.15, -0.1) is 0 Å². The Morgan fingerprint density at radius 3 is 2.86 bits per heavy atom. The molecule has 0 bridgehead atoms. The number of rotatable bonds is 5. The smallest absolute Gasteiger partial charge is 0.273 e. The highest BCUT2D eigenvalue weighted by Crippen LogP contribution is 2.14. The molecule has 1 amide bonds. The summed E-state index contributed by atoms with van der Waals surface area (Å²) in [5, 5.41) is 10.9. The maximum absolute atomic E-state index is 11.8. The van der Waals surface area contributed by atoms with Crippen molar-refractivity contribution < 1.29 is 9.32 Å². The monoisotopic (exact) mass is 297 g/mol. The van der Waals surface area contributed by atoms with Gasteiger partial charge in [0.25, 0.3) is 5.91 Å². The number of carbonyl (C=O) groups is 1. The lowest BCUT2D eigenvalue weighted by Gasteiger charge is -2.03. The Kier molecular flexibility index (Phi) is 3.95. The van der Waals surface area contributed by atoms with Crippen LogP contribution in [0.3, 0.4) is 0 Å². The molecule has 112 valence electrons. The lowest BCUT2D eigenvalue weighted by molar-refractivity contribution is 0.0943. The minimum absolute atomic E-state index is 0.252. The Labute approximate surface area is 127 Å². The molecular weight excluding hydrogens is 282 g/mol. The molecule has 7 heteroatoms. The molecule has 0 fully saturated rings. The van der Waals surface area contributed by atoms with E-state index in [0.717, 1.165) is 11.3 Å². The Morgan fingerprint density at radius 1 is 1.32 bits per heavy atom. The summed E-state index contributed by atoms with van der Waals surface area (Å²) in [4.78, 5) is 15.8. The standard InChI is InChI=1S/C15H15N5O2/c1-11-10-14(19-22-11)15(21)17-7-9-20-8-4-13(18-20)12-2-5-16-6-3-12/h2-6,8,10H,7,9H2,1H3,(H,17,21). The van der Waals surface area contributed by atoms with Crippen molar-refractivity contribution in [1.29, 1.82) is 0 Å². The average Bonchev–Trinajstić information content (AvgIpc) is 3.17. The van der Waals surface area contributed by atoms with Crippen LogP contribution in [0.15, 0.2) is 47.4 Å². The lowest BCUT2D eigenvalue weighted by atomic mass is 10.2. The number of nitrogens with zero attached hydrogens (tertiary/aromatic N) is 4. The second-order valence-corrected chi connectivity index (χ2v) is 4.78. The van der Waals surface area contributed by atoms with E-state index in [0.29, 0.717) is 18.8 Å². The average molecular weight is 297 g/mol. The molecule has 0 saturated heterocycles. The summed E-state index contributed by atoms with van der Waals surface area (Å²) in [6, 6.07) is 7.34. The fraction of sp³-hybridized carbons (Fsp3) is 0.200. The number of amides is 1. The van der Waals surface area contributed by atoms with Crippen molar-refractivity contribution in [3.05, 3.63) is 54.3 Å². The SMILES string of the molecule is Cc1cc(C(=O)NCCn2ccc(-c3ccncc3)n2)no1. The number of nitrogens with one attached hydrogen (secondary N) is 1. The van der Waals surface area contributed by atoms with Crippen LogP contribution in [0, 0.1) is 6.92 Å². The third-order valence-corrected chi connectivity index (χ3v) is 3.10. The van der Waals surface area contributed by atoms with Gasteiger partial charge in [0.1, 0.15) is 5.76 Å². The van der Waals surface area contributed by atoms with Gasteiger partial charge < -0.3 is 9.84 Å². The summed E-state index contributed by atoms with van der Waals surface area (Å²) < 4.78 is 6.65. The molecule has 0 saturated carbocycles. The molecule has 0 unspecified atom stereocenters. The van der Waals surface area contributed by atoms with Crippen LogP contribution in [0.2, 0.25) is 0 Å². The molecule has 0 aliphatic heterocycles. The highest BCUT2D eigenvalue weighted by molar-refractivity contribution is 5.92. The van der Waals surface area contributed by atoms with Gasteiger partial charge in [0, 0.05) is 36.8 Å². The van der Waals surface area contributed by atoms with E-state index < -0.39 is 0 Å². The molecule has 0 aromatic carbocycles. The number of carbonyl (C=O) groups excluding carboxylic acids is 1. The van der Waals surface area contributed by atoms with E-state index in [-0.39, 0.29) is 11.6 Å². The molecule has 3 aromatic heterocycles. The molecular formula is C15H15N5O2. The largest absolute Gasteiger partial charge is 0.361 e. The van der Waals surface area contributed by atoms with Gasteiger partial charge in [-0.25, -0.2) is 0 Å². The zero-order valence-corrected chi connectivity index (χ0v) is 12.1. The first-order valence-corrected chi connectivity index (χ1v) is 6.88. The van der Waals surface area contributed by atoms with Gasteiger partial charge in [-0.2, -0.15) is 5.10 Å². The molecule has 1 N–H and O–H groups in total. The van der Waals surface area contributed by atoms with Gasteiger partial charge in [-0.05, 0) is 25.1 Å². The summed E-state index contributed by atoms with van der Waals surface area (Å²) in [5.74, 6) is 0.359. The van der Waals surface area contributed by atoms with E-state index >= 15 is 0 Å². The second kappa shape index (κ2) is 6.21. The highest BCUT2D eigenvalue weighted by Gasteiger charge is 2.10. The highest BCUT2D eigenvalue weighted by atomic mass is 16.5. The normalized spacial score (nSPS) is 10.6. The minimum atomic E-state index is -0.252. The van der Waals surface area contributed by atoms with E-state index in [4.69, 9.17) is 4.52 Å². The zero-order chi connectivity index (χ0) is 15.4. The Balaban J connectivity index is 1.54. The first-order valence-electron chi connectivity index (χ1n) is 6.88. The van der Waals surface area contributed by atoms with E-state index in [1.807, 2.05) is 24.4 Å². The molecule has 0 radical (unpaired) electrons. The van der Waals surface area contributed by atoms with Crippen molar-refractivity contribution in [2.45, 2.75) is 13.5 Å². The first kappa shape index (κ1) is 14.0. The molecule has 22 heavy (non-hydrogen) atoms. The quantitative estimate of drug-likeness (QED) is 0.774. The van der Waals surface area contributed by atoms with Gasteiger partial charge in [-0.1, -0.05) is 5.16 Å². The summed E-state index contributed by atoms with van der Waals surface area (Å²) in [5.41, 5.74) is 2.17. The van der Waals surface area contributed by atoms with Crippen LogP contribution in [0.5, 0.6) is 0 Å². The van der Waals surface area contributed by atoms with Crippen LogP contribution >= 0.6 is 0 Å². The molecule has 0 spiro atoms. The molecule has 3 aromatic rings. The fourth-order valence-corrected chi connectivity index (χ4v) is 2.01. The van der Waals surface area contributed by atoms with Crippen LogP contribution in [0.1, 0.15) is 16.2 Å². The molecule has 7 nitrogen and oxygen atoms in total. The number of aromatic nitrogens is 4. The number of hydrogen-bond donors (Lipinski definition) is 1. The summed E-state index contributed by atoms with van der Waals surface area (Å²) >= 11 is 0. The number of hydrogen-bond acceptors (Lipinski definition) is 5. The van der Waals surface area contributed by atoms with Crippen LogP contribution in [-0.2, 0) is 6.54 Å². The second-order valence-electron chi connectivity index (χ2n) is 4.78. The van der Waals surface area contributed by atoms with Gasteiger partial charge in [0.2, 0.25) is 0 Å². The zero-order valence-electron chi connectivity index (χ0n) is 12.1. The third kappa shape index (κ3) is 3.20. The van der Waals surface area contributed by atoms with Gasteiger partial charge in [0.15, 0.2) is 5.69 Å². The number of pyridine rings is 1. The topological polar surface area (TPSA) is 85.8 Å². The van der Waals surface area contributed by atoms with E-state index in [1.54, 1.807) is 30.1 Å². The van der Waals surface area contributed by atoms with Crippen molar-refractivity contribution in [3.8, 4) is 11.3 Å². The van der Waals surface area contributed by atoms with E-state index in [2.05, 4.69) is 20.6 Å². The van der Waals surface area contributed by atoms with Crippen molar-refractivity contribution in [2.75, 3.05) is 6.54 Å². The van der Waals surface area contributed by atoms with Crippen molar-refractivity contribution >= 4 is 5.91 Å². The Bertz CT molecular complexity index is 763. The summed E-state index contributed by atoms with van der Waals surface area (Å²) in [7, 11) is 0. The van der Waals surface area contributed by atoms with Gasteiger partial charge in [-0.3, -0.25) is 14.5 Å². The molecule has 0 atom stereocenters. The third-order valence-electron chi connectivity index (χ3n) is 3.10. The van der Waals surface area contributed by atoms with Crippen molar-refractivity contribution in [2.24, 2.45) is 0 Å². The predicted octanol–water partition coefficient (Wildman–Crippen LogP) is 1.67. The molecule has 0 aliphatic carbocycles. The first-order chi connectivity index (χ1) is 10.7. The summed E-state index contributed by atoms with van der Waals surface area (Å²) in [6.07, 6.45) is 5.34.